The van der Waals surface area contributed by atoms with Crippen LogP contribution in [0.5, 0.6) is 0 Å². The van der Waals surface area contributed by atoms with E-state index in [1.54, 1.807) is 4.90 Å². The van der Waals surface area contributed by atoms with Crippen molar-refractivity contribution in [2.45, 2.75) is 39.2 Å². The number of hydrogen-bond acceptors (Lipinski definition) is 3. The number of piperidine rings is 1. The molecule has 0 N–H and O–H groups in total. The molecule has 0 unspecified atom stereocenters. The number of fused-ring (bicyclic) bond motifs is 1. The summed E-state index contributed by atoms with van der Waals surface area (Å²) in [6, 6.07) is 6.15. The number of carbonyl (C=O) groups is 1. The van der Waals surface area contributed by atoms with Crippen LogP contribution in [0.25, 0.3) is 5.65 Å². The highest BCUT2D eigenvalue weighted by molar-refractivity contribution is 5.75. The third-order valence-electron chi connectivity index (χ3n) is 5.07. The molecule has 1 atom stereocenters. The normalized spacial score (nSPS) is 18.9. The number of carbonyl (C=O) groups excluding carboxylic acids is 1. The highest BCUT2D eigenvalue weighted by Crippen LogP contribution is 2.24. The van der Waals surface area contributed by atoms with E-state index in [9.17, 15) is 4.79 Å². The van der Waals surface area contributed by atoms with Gasteiger partial charge in [0.1, 0.15) is 5.65 Å². The number of hydrogen-bond donors (Lipinski definition) is 0. The van der Waals surface area contributed by atoms with Gasteiger partial charge in [-0.3, -0.25) is 9.69 Å². The summed E-state index contributed by atoms with van der Waals surface area (Å²) in [5.41, 5.74) is 3.43. The van der Waals surface area contributed by atoms with E-state index in [0.717, 1.165) is 37.4 Å². The van der Waals surface area contributed by atoms with Gasteiger partial charge in [-0.25, -0.2) is 4.98 Å². The Morgan fingerprint density at radius 2 is 2.21 bits per heavy atom. The smallest absolute Gasteiger partial charge is 0.222 e. The second kappa shape index (κ2) is 7.34. The van der Waals surface area contributed by atoms with Crippen LogP contribution in [0.1, 0.15) is 37.1 Å². The average molecular weight is 328 g/mol. The van der Waals surface area contributed by atoms with Crippen LogP contribution < -0.4 is 0 Å². The van der Waals surface area contributed by atoms with Crippen LogP contribution in [0.15, 0.2) is 24.4 Å². The fourth-order valence-electron chi connectivity index (χ4n) is 3.65. The first-order valence-electron chi connectivity index (χ1n) is 8.89. The third-order valence-corrected chi connectivity index (χ3v) is 5.07. The molecule has 5 nitrogen and oxygen atoms in total. The van der Waals surface area contributed by atoms with Crippen LogP contribution in [0, 0.1) is 12.8 Å². The summed E-state index contributed by atoms with van der Waals surface area (Å²) in [7, 11) is 3.67. The molecule has 2 aromatic rings. The van der Waals surface area contributed by atoms with Crippen molar-refractivity contribution in [2.75, 3.05) is 27.2 Å². The summed E-state index contributed by atoms with van der Waals surface area (Å²) in [5, 5.41) is 0. The van der Waals surface area contributed by atoms with Gasteiger partial charge in [0.15, 0.2) is 0 Å². The molecule has 0 radical (unpaired) electrons. The standard InChI is InChI=1S/C19H28N4O/c1-15-17(23-12-5-4-8-18(23)20-15)14-22-11-6-7-16(13-22)9-10-19(24)21(2)3/h4-5,8,12,16H,6-7,9-11,13-14H2,1-3H3/t16-/m1/s1. The fourth-order valence-corrected chi connectivity index (χ4v) is 3.65. The predicted molar refractivity (Wildman–Crippen MR) is 95.9 cm³/mol. The minimum absolute atomic E-state index is 0.241. The van der Waals surface area contributed by atoms with Crippen molar-refractivity contribution in [2.24, 2.45) is 5.92 Å². The van der Waals surface area contributed by atoms with Crippen molar-refractivity contribution in [3.63, 3.8) is 0 Å². The van der Waals surface area contributed by atoms with Gasteiger partial charge in [0.2, 0.25) is 5.91 Å². The van der Waals surface area contributed by atoms with E-state index in [1.807, 2.05) is 20.2 Å². The van der Waals surface area contributed by atoms with Crippen molar-refractivity contribution in [1.29, 1.82) is 0 Å². The van der Waals surface area contributed by atoms with Crippen LogP contribution in [-0.2, 0) is 11.3 Å². The van der Waals surface area contributed by atoms with Gasteiger partial charge in [-0.2, -0.15) is 0 Å². The Morgan fingerprint density at radius 3 is 3.00 bits per heavy atom. The Morgan fingerprint density at radius 1 is 1.38 bits per heavy atom. The summed E-state index contributed by atoms with van der Waals surface area (Å²) in [6.07, 6.45) is 6.22. The van der Waals surface area contributed by atoms with Crippen LogP contribution in [-0.4, -0.2) is 52.3 Å². The maximum Gasteiger partial charge on any atom is 0.222 e. The van der Waals surface area contributed by atoms with Gasteiger partial charge < -0.3 is 9.30 Å². The molecule has 0 saturated carbocycles. The topological polar surface area (TPSA) is 40.9 Å². The van der Waals surface area contributed by atoms with Gasteiger partial charge in [-0.05, 0) is 50.8 Å². The third kappa shape index (κ3) is 3.78. The zero-order valence-electron chi connectivity index (χ0n) is 15.0. The van der Waals surface area contributed by atoms with E-state index >= 15 is 0 Å². The van der Waals surface area contributed by atoms with Crippen molar-refractivity contribution >= 4 is 11.6 Å². The monoisotopic (exact) mass is 328 g/mol. The van der Waals surface area contributed by atoms with Crippen molar-refractivity contribution in [3.05, 3.63) is 35.8 Å². The summed E-state index contributed by atoms with van der Waals surface area (Å²) in [6.45, 7) is 5.26. The number of amides is 1. The first kappa shape index (κ1) is 17.0. The molecule has 0 spiro atoms. The lowest BCUT2D eigenvalue weighted by Gasteiger charge is -2.32. The zero-order valence-corrected chi connectivity index (χ0v) is 15.0. The van der Waals surface area contributed by atoms with E-state index in [0.29, 0.717) is 12.3 Å². The van der Waals surface area contributed by atoms with Gasteiger partial charge in [0, 0.05) is 39.8 Å². The molecule has 0 aliphatic carbocycles. The first-order valence-corrected chi connectivity index (χ1v) is 8.89. The fraction of sp³-hybridized carbons (Fsp3) is 0.579. The Bertz CT molecular complexity index is 706. The molecule has 5 heteroatoms. The molecule has 1 aliphatic rings. The number of imidazole rings is 1. The maximum atomic E-state index is 11.8. The highest BCUT2D eigenvalue weighted by Gasteiger charge is 2.22. The Kier molecular flexibility index (Phi) is 5.19. The Balaban J connectivity index is 1.62. The van der Waals surface area contributed by atoms with E-state index in [1.165, 1.54) is 18.5 Å². The number of rotatable bonds is 5. The molecule has 1 amide bonds. The number of aryl methyl sites for hydroxylation is 1. The minimum Gasteiger partial charge on any atom is -0.349 e. The molecule has 3 heterocycles. The molecular formula is C19H28N4O. The SMILES string of the molecule is Cc1nc2ccccn2c1CN1CCC[C@H](CCC(=O)N(C)C)C1. The predicted octanol–water partition coefficient (Wildman–Crippen LogP) is 2.72. The summed E-state index contributed by atoms with van der Waals surface area (Å²) in [5.74, 6) is 0.867. The minimum atomic E-state index is 0.241. The van der Waals surface area contributed by atoms with Crippen LogP contribution >= 0.6 is 0 Å². The van der Waals surface area contributed by atoms with Gasteiger partial charge in [-0.1, -0.05) is 6.07 Å². The molecule has 2 aromatic heterocycles. The molecule has 1 fully saturated rings. The molecule has 24 heavy (non-hydrogen) atoms. The molecule has 0 aromatic carbocycles. The largest absolute Gasteiger partial charge is 0.349 e. The van der Waals surface area contributed by atoms with Gasteiger partial charge in [0.05, 0.1) is 11.4 Å². The van der Waals surface area contributed by atoms with Gasteiger partial charge in [-0.15, -0.1) is 0 Å². The van der Waals surface area contributed by atoms with E-state index in [4.69, 9.17) is 0 Å². The number of nitrogens with zero attached hydrogens (tertiary/aromatic N) is 4. The van der Waals surface area contributed by atoms with Crippen molar-refractivity contribution < 1.29 is 4.79 Å². The summed E-state index contributed by atoms with van der Waals surface area (Å²) >= 11 is 0. The number of aromatic nitrogens is 2. The lowest BCUT2D eigenvalue weighted by Crippen LogP contribution is -2.36. The van der Waals surface area contributed by atoms with Gasteiger partial charge in [0.25, 0.3) is 0 Å². The lowest BCUT2D eigenvalue weighted by molar-refractivity contribution is -0.129. The highest BCUT2D eigenvalue weighted by atomic mass is 16.2. The molecule has 0 bridgehead atoms. The molecule has 130 valence electrons. The second-order valence-electron chi connectivity index (χ2n) is 7.14. The first-order chi connectivity index (χ1) is 11.5. The quantitative estimate of drug-likeness (QED) is 0.847. The summed E-state index contributed by atoms with van der Waals surface area (Å²) < 4.78 is 2.20. The van der Waals surface area contributed by atoms with Gasteiger partial charge >= 0.3 is 0 Å². The number of pyridine rings is 1. The van der Waals surface area contributed by atoms with Crippen LogP contribution in [0.2, 0.25) is 0 Å². The average Bonchev–Trinajstić information content (AvgIpc) is 2.89. The second-order valence-corrected chi connectivity index (χ2v) is 7.14. The lowest BCUT2D eigenvalue weighted by atomic mass is 9.93. The summed E-state index contributed by atoms with van der Waals surface area (Å²) in [4.78, 5) is 20.7. The molecule has 1 aliphatic heterocycles. The Labute approximate surface area is 144 Å². The van der Waals surface area contributed by atoms with E-state index in [-0.39, 0.29) is 5.91 Å². The van der Waals surface area contributed by atoms with E-state index < -0.39 is 0 Å². The Hall–Kier alpha value is -1.88. The van der Waals surface area contributed by atoms with Crippen molar-refractivity contribution in [1.82, 2.24) is 19.2 Å². The van der Waals surface area contributed by atoms with Crippen LogP contribution in [0.4, 0.5) is 0 Å². The molecule has 1 saturated heterocycles. The maximum absolute atomic E-state index is 11.8. The zero-order chi connectivity index (χ0) is 17.1. The van der Waals surface area contributed by atoms with Crippen LogP contribution in [0.3, 0.4) is 0 Å². The van der Waals surface area contributed by atoms with E-state index in [2.05, 4.69) is 39.5 Å². The number of likely N-dealkylation sites (tertiary alicyclic amines) is 1. The molecule has 3 rings (SSSR count). The molecular weight excluding hydrogens is 300 g/mol. The van der Waals surface area contributed by atoms with Crippen molar-refractivity contribution in [3.8, 4) is 0 Å².